The van der Waals surface area contributed by atoms with E-state index in [2.05, 4.69) is 15.1 Å². The first kappa shape index (κ1) is 17.0. The lowest BCUT2D eigenvalue weighted by molar-refractivity contribution is 0.0729. The molecule has 0 N–H and O–H groups in total. The molecule has 25 heavy (non-hydrogen) atoms. The Morgan fingerprint density at radius 2 is 2.04 bits per heavy atom. The summed E-state index contributed by atoms with van der Waals surface area (Å²) < 4.78 is 10.8. The highest BCUT2D eigenvalue weighted by molar-refractivity contribution is 5.91. The molecule has 6 nitrogen and oxygen atoms in total. The second-order valence-corrected chi connectivity index (χ2v) is 5.80. The molecule has 6 heteroatoms. The molecule has 1 aliphatic rings. The number of benzene rings is 1. The fourth-order valence-corrected chi connectivity index (χ4v) is 2.63. The lowest BCUT2D eigenvalue weighted by Gasteiger charge is -2.23. The topological polar surface area (TPSA) is 64.0 Å². The van der Waals surface area contributed by atoms with Crippen molar-refractivity contribution in [2.24, 2.45) is 5.10 Å². The fraction of sp³-hybridized carbons (Fsp3) is 0.316. The standard InChI is InChI=1S/C19H21N3O3/c1-24-18-12-15(13-21-22-10-3-2-4-11-22)7-8-17(18)25-19(23)16-6-5-9-20-14-16/h5-9,12-14H,2-4,10-11H2,1H3/b21-13-. The lowest BCUT2D eigenvalue weighted by Crippen LogP contribution is -2.24. The van der Waals surface area contributed by atoms with E-state index >= 15 is 0 Å². The predicted molar refractivity (Wildman–Crippen MR) is 95.2 cm³/mol. The van der Waals surface area contributed by atoms with Gasteiger partial charge in [-0.3, -0.25) is 9.99 Å². The third-order valence-corrected chi connectivity index (χ3v) is 3.99. The largest absolute Gasteiger partial charge is 0.493 e. The van der Waals surface area contributed by atoms with Crippen LogP contribution >= 0.6 is 0 Å². The molecule has 0 saturated carbocycles. The van der Waals surface area contributed by atoms with Crippen molar-refractivity contribution in [2.45, 2.75) is 19.3 Å². The number of carbonyl (C=O) groups is 1. The van der Waals surface area contributed by atoms with Crippen LogP contribution in [0.15, 0.2) is 47.8 Å². The summed E-state index contributed by atoms with van der Waals surface area (Å²) in [6.45, 7) is 1.99. The molecule has 3 rings (SSSR count). The Bertz CT molecular complexity index is 741. The minimum atomic E-state index is -0.471. The Morgan fingerprint density at radius 1 is 1.20 bits per heavy atom. The highest BCUT2D eigenvalue weighted by Gasteiger charge is 2.13. The van der Waals surface area contributed by atoms with Crippen LogP contribution in [-0.2, 0) is 0 Å². The van der Waals surface area contributed by atoms with Gasteiger partial charge in [-0.2, -0.15) is 5.10 Å². The van der Waals surface area contributed by atoms with Crippen LogP contribution in [0.1, 0.15) is 35.2 Å². The molecule has 0 radical (unpaired) electrons. The number of rotatable bonds is 5. The lowest BCUT2D eigenvalue weighted by atomic mass is 10.2. The summed E-state index contributed by atoms with van der Waals surface area (Å²) in [5.74, 6) is 0.382. The quantitative estimate of drug-likeness (QED) is 0.476. The van der Waals surface area contributed by atoms with E-state index in [0.717, 1.165) is 18.7 Å². The molecule has 0 atom stereocenters. The number of esters is 1. The predicted octanol–water partition coefficient (Wildman–Crippen LogP) is 3.13. The molecule has 2 aromatic rings. The Hall–Kier alpha value is -2.89. The van der Waals surface area contributed by atoms with Crippen LogP contribution in [-0.4, -0.2) is 42.4 Å². The number of hydrogen-bond acceptors (Lipinski definition) is 6. The van der Waals surface area contributed by atoms with E-state index < -0.39 is 5.97 Å². The van der Waals surface area contributed by atoms with Gasteiger partial charge in [0.2, 0.25) is 0 Å². The molecule has 2 heterocycles. The zero-order chi connectivity index (χ0) is 17.5. The maximum atomic E-state index is 12.1. The maximum Gasteiger partial charge on any atom is 0.345 e. The highest BCUT2D eigenvalue weighted by atomic mass is 16.6. The maximum absolute atomic E-state index is 12.1. The van der Waals surface area contributed by atoms with Gasteiger partial charge < -0.3 is 9.47 Å². The summed E-state index contributed by atoms with van der Waals surface area (Å²) in [7, 11) is 1.54. The molecule has 0 amide bonds. The Balaban J connectivity index is 1.71. The molecular weight excluding hydrogens is 318 g/mol. The molecule has 130 valence electrons. The second-order valence-electron chi connectivity index (χ2n) is 5.80. The van der Waals surface area contributed by atoms with E-state index in [1.165, 1.54) is 25.5 Å². The minimum absolute atomic E-state index is 0.367. The van der Waals surface area contributed by atoms with Gasteiger partial charge in [-0.15, -0.1) is 0 Å². The summed E-state index contributed by atoms with van der Waals surface area (Å²) in [5, 5.41) is 6.58. The number of piperidine rings is 1. The first-order chi connectivity index (χ1) is 12.3. The number of methoxy groups -OCH3 is 1. The number of aromatic nitrogens is 1. The number of pyridine rings is 1. The van der Waals surface area contributed by atoms with E-state index in [9.17, 15) is 4.79 Å². The molecule has 1 aromatic heterocycles. The first-order valence-electron chi connectivity index (χ1n) is 8.35. The van der Waals surface area contributed by atoms with Crippen molar-refractivity contribution < 1.29 is 14.3 Å². The molecule has 0 spiro atoms. The van der Waals surface area contributed by atoms with Crippen molar-refractivity contribution in [3.8, 4) is 11.5 Å². The van der Waals surface area contributed by atoms with E-state index in [1.54, 1.807) is 43.8 Å². The van der Waals surface area contributed by atoms with Gasteiger partial charge in [-0.1, -0.05) is 0 Å². The van der Waals surface area contributed by atoms with Crippen molar-refractivity contribution in [3.63, 3.8) is 0 Å². The summed E-state index contributed by atoms with van der Waals surface area (Å²) in [5.41, 5.74) is 1.28. The molecule has 1 aliphatic heterocycles. The Kier molecular flexibility index (Phi) is 5.61. The molecule has 0 aliphatic carbocycles. The molecule has 1 saturated heterocycles. The number of ether oxygens (including phenoxy) is 2. The molecular formula is C19H21N3O3. The van der Waals surface area contributed by atoms with Gasteiger partial charge in [0, 0.05) is 25.5 Å². The van der Waals surface area contributed by atoms with Gasteiger partial charge >= 0.3 is 5.97 Å². The third-order valence-electron chi connectivity index (χ3n) is 3.99. The summed E-state index contributed by atoms with van der Waals surface area (Å²) in [6.07, 6.45) is 8.52. The first-order valence-corrected chi connectivity index (χ1v) is 8.35. The molecule has 1 fully saturated rings. The van der Waals surface area contributed by atoms with Crippen LogP contribution in [0.5, 0.6) is 11.5 Å². The fourth-order valence-electron chi connectivity index (χ4n) is 2.63. The van der Waals surface area contributed by atoms with Crippen molar-refractivity contribution in [2.75, 3.05) is 20.2 Å². The number of nitrogens with zero attached hydrogens (tertiary/aromatic N) is 3. The normalized spacial score (nSPS) is 14.5. The Labute approximate surface area is 147 Å². The van der Waals surface area contributed by atoms with E-state index in [4.69, 9.17) is 9.47 Å². The van der Waals surface area contributed by atoms with Crippen LogP contribution in [0.25, 0.3) is 0 Å². The van der Waals surface area contributed by atoms with E-state index in [-0.39, 0.29) is 0 Å². The zero-order valence-corrected chi connectivity index (χ0v) is 14.2. The van der Waals surface area contributed by atoms with Crippen molar-refractivity contribution in [1.29, 1.82) is 0 Å². The summed E-state index contributed by atoms with van der Waals surface area (Å²) >= 11 is 0. The van der Waals surface area contributed by atoms with Crippen LogP contribution < -0.4 is 9.47 Å². The van der Waals surface area contributed by atoms with Crippen molar-refractivity contribution in [1.82, 2.24) is 9.99 Å². The van der Waals surface area contributed by atoms with Gasteiger partial charge in [0.25, 0.3) is 0 Å². The van der Waals surface area contributed by atoms with E-state index in [0.29, 0.717) is 17.1 Å². The van der Waals surface area contributed by atoms with Gasteiger partial charge in [-0.05, 0) is 55.2 Å². The molecule has 0 unspecified atom stereocenters. The number of hydrazone groups is 1. The highest BCUT2D eigenvalue weighted by Crippen LogP contribution is 2.28. The van der Waals surface area contributed by atoms with Crippen LogP contribution in [0, 0.1) is 0 Å². The number of carbonyl (C=O) groups excluding carboxylic acids is 1. The average Bonchev–Trinajstić information content (AvgIpc) is 2.68. The monoisotopic (exact) mass is 339 g/mol. The van der Waals surface area contributed by atoms with Crippen LogP contribution in [0.2, 0.25) is 0 Å². The van der Waals surface area contributed by atoms with Crippen molar-refractivity contribution >= 4 is 12.2 Å². The summed E-state index contributed by atoms with van der Waals surface area (Å²) in [6, 6.07) is 8.71. The average molecular weight is 339 g/mol. The van der Waals surface area contributed by atoms with E-state index in [1.807, 2.05) is 6.07 Å². The van der Waals surface area contributed by atoms with Crippen LogP contribution in [0.3, 0.4) is 0 Å². The smallest absolute Gasteiger partial charge is 0.345 e. The van der Waals surface area contributed by atoms with Gasteiger partial charge in [0.1, 0.15) is 0 Å². The minimum Gasteiger partial charge on any atom is -0.493 e. The Morgan fingerprint density at radius 3 is 2.76 bits per heavy atom. The van der Waals surface area contributed by atoms with Gasteiger partial charge in [0.05, 0.1) is 18.9 Å². The third kappa shape index (κ3) is 4.56. The summed E-state index contributed by atoms with van der Waals surface area (Å²) in [4.78, 5) is 16.1. The van der Waals surface area contributed by atoms with Gasteiger partial charge in [0.15, 0.2) is 11.5 Å². The molecule has 0 bridgehead atoms. The molecule has 1 aromatic carbocycles. The second kappa shape index (κ2) is 8.28. The number of hydrogen-bond donors (Lipinski definition) is 0. The SMILES string of the molecule is COc1cc(/C=N\N2CCCCC2)ccc1OC(=O)c1cccnc1. The zero-order valence-electron chi connectivity index (χ0n) is 14.2. The van der Waals surface area contributed by atoms with Crippen molar-refractivity contribution in [3.05, 3.63) is 53.9 Å². The van der Waals surface area contributed by atoms with Gasteiger partial charge in [-0.25, -0.2) is 4.79 Å². The van der Waals surface area contributed by atoms with Crippen LogP contribution in [0.4, 0.5) is 0 Å².